The minimum absolute atomic E-state index is 0.0733. The van der Waals surface area contributed by atoms with E-state index in [9.17, 15) is 9.59 Å². The molecule has 3 N–H and O–H groups in total. The van der Waals surface area contributed by atoms with Gasteiger partial charge in [0.1, 0.15) is 5.69 Å². The summed E-state index contributed by atoms with van der Waals surface area (Å²) < 4.78 is 1.09. The Labute approximate surface area is 67.0 Å². The molecule has 1 aromatic rings. The van der Waals surface area contributed by atoms with E-state index in [1.54, 1.807) is 0 Å². The topological polar surface area (TPSA) is 95.3 Å². The van der Waals surface area contributed by atoms with Crippen LogP contribution >= 0.6 is 0 Å². The van der Waals surface area contributed by atoms with Crippen LogP contribution in [0.5, 0.6) is 0 Å². The quantitative estimate of drug-likeness (QED) is 0.537. The first-order valence-electron chi connectivity index (χ1n) is 3.29. The zero-order valence-corrected chi connectivity index (χ0v) is 6.15. The van der Waals surface area contributed by atoms with Crippen molar-refractivity contribution >= 4 is 5.97 Å². The standard InChI is InChI=1S/C6H8N2O4/c9-2-1-8-4(6(11)12)3-5(10)7-8/h3,9H,1-2H2,(H,7,10)(H,11,12). The van der Waals surface area contributed by atoms with E-state index in [0.29, 0.717) is 0 Å². The van der Waals surface area contributed by atoms with E-state index in [4.69, 9.17) is 10.2 Å². The van der Waals surface area contributed by atoms with Crippen LogP contribution in [0, 0.1) is 0 Å². The summed E-state index contributed by atoms with van der Waals surface area (Å²) in [5.41, 5.74) is -0.630. The summed E-state index contributed by atoms with van der Waals surface area (Å²) in [5.74, 6) is -1.19. The molecule has 0 aliphatic rings. The molecule has 0 aliphatic carbocycles. The van der Waals surface area contributed by atoms with Crippen LogP contribution in [-0.2, 0) is 6.54 Å². The number of hydrogen-bond acceptors (Lipinski definition) is 3. The number of carboxylic acids is 1. The van der Waals surface area contributed by atoms with Crippen molar-refractivity contribution in [1.29, 1.82) is 0 Å². The van der Waals surface area contributed by atoms with E-state index < -0.39 is 11.5 Å². The summed E-state index contributed by atoms with van der Waals surface area (Å²) in [6, 6.07) is 0.970. The van der Waals surface area contributed by atoms with E-state index >= 15 is 0 Å². The third-order valence-corrected chi connectivity index (χ3v) is 1.35. The smallest absolute Gasteiger partial charge is 0.354 e. The number of carboxylic acid groups (broad SMARTS) is 1. The van der Waals surface area contributed by atoms with Crippen molar-refractivity contribution in [2.45, 2.75) is 6.54 Å². The maximum atomic E-state index is 10.7. The molecular weight excluding hydrogens is 164 g/mol. The summed E-state index contributed by atoms with van der Waals surface area (Å²) in [6.45, 7) is -0.144. The molecule has 0 saturated carbocycles. The lowest BCUT2D eigenvalue weighted by Crippen LogP contribution is -2.13. The molecule has 1 rings (SSSR count). The summed E-state index contributed by atoms with van der Waals surface area (Å²) in [5, 5.41) is 19.3. The van der Waals surface area contributed by atoms with Gasteiger partial charge in [0, 0.05) is 6.07 Å². The average Bonchev–Trinajstić information content (AvgIpc) is 2.32. The number of aromatic carboxylic acids is 1. The number of aliphatic hydroxyl groups is 1. The highest BCUT2D eigenvalue weighted by atomic mass is 16.4. The lowest BCUT2D eigenvalue weighted by molar-refractivity contribution is 0.0681. The van der Waals surface area contributed by atoms with E-state index in [2.05, 4.69) is 5.10 Å². The van der Waals surface area contributed by atoms with Crippen molar-refractivity contribution in [2.24, 2.45) is 0 Å². The fraction of sp³-hybridized carbons (Fsp3) is 0.333. The van der Waals surface area contributed by atoms with Crippen molar-refractivity contribution in [3.05, 3.63) is 22.1 Å². The predicted octanol–water partition coefficient (Wildman–Crippen LogP) is -1.13. The largest absolute Gasteiger partial charge is 0.477 e. The molecule has 12 heavy (non-hydrogen) atoms. The highest BCUT2D eigenvalue weighted by molar-refractivity contribution is 5.85. The van der Waals surface area contributed by atoms with E-state index in [1.807, 2.05) is 0 Å². The molecule has 0 aromatic carbocycles. The second kappa shape index (κ2) is 3.22. The lowest BCUT2D eigenvalue weighted by atomic mass is 10.4. The van der Waals surface area contributed by atoms with Gasteiger partial charge >= 0.3 is 5.97 Å². The molecule has 66 valence electrons. The van der Waals surface area contributed by atoms with Gasteiger partial charge in [-0.2, -0.15) is 0 Å². The fourth-order valence-corrected chi connectivity index (χ4v) is 0.881. The highest BCUT2D eigenvalue weighted by Gasteiger charge is 2.10. The molecule has 0 radical (unpaired) electrons. The number of rotatable bonds is 3. The Morgan fingerprint density at radius 3 is 2.83 bits per heavy atom. The molecule has 0 amide bonds. The summed E-state index contributed by atoms with van der Waals surface area (Å²) in [4.78, 5) is 21.1. The van der Waals surface area contributed by atoms with Gasteiger partial charge in [-0.05, 0) is 0 Å². The summed E-state index contributed by atoms with van der Waals surface area (Å²) in [6.07, 6.45) is 0. The number of aromatic amines is 1. The first kappa shape index (κ1) is 8.54. The minimum Gasteiger partial charge on any atom is -0.477 e. The van der Waals surface area contributed by atoms with Crippen LogP contribution in [0.4, 0.5) is 0 Å². The fourth-order valence-electron chi connectivity index (χ4n) is 0.881. The molecule has 0 atom stereocenters. The van der Waals surface area contributed by atoms with Crippen LogP contribution in [0.25, 0.3) is 0 Å². The molecule has 1 aromatic heterocycles. The number of carbonyl (C=O) groups is 1. The Bertz CT molecular complexity index is 338. The Morgan fingerprint density at radius 1 is 1.67 bits per heavy atom. The van der Waals surface area contributed by atoms with Gasteiger partial charge in [-0.3, -0.25) is 14.6 Å². The van der Waals surface area contributed by atoms with E-state index in [1.165, 1.54) is 0 Å². The van der Waals surface area contributed by atoms with Gasteiger partial charge in [0.25, 0.3) is 5.56 Å². The third-order valence-electron chi connectivity index (χ3n) is 1.35. The Morgan fingerprint density at radius 2 is 2.33 bits per heavy atom. The Kier molecular flexibility index (Phi) is 2.29. The number of aromatic nitrogens is 2. The van der Waals surface area contributed by atoms with Gasteiger partial charge in [-0.25, -0.2) is 4.79 Å². The summed E-state index contributed by atoms with van der Waals surface area (Å²) in [7, 11) is 0. The molecule has 1 heterocycles. The number of nitrogens with one attached hydrogen (secondary N) is 1. The van der Waals surface area contributed by atoms with Gasteiger partial charge in [-0.15, -0.1) is 0 Å². The third kappa shape index (κ3) is 1.54. The molecule has 6 nitrogen and oxygen atoms in total. The monoisotopic (exact) mass is 172 g/mol. The van der Waals surface area contributed by atoms with Crippen molar-refractivity contribution in [3.63, 3.8) is 0 Å². The number of H-pyrrole nitrogens is 1. The zero-order chi connectivity index (χ0) is 9.14. The average molecular weight is 172 g/mol. The Balaban J connectivity index is 3.08. The Hall–Kier alpha value is -1.56. The van der Waals surface area contributed by atoms with Crippen LogP contribution in [0.3, 0.4) is 0 Å². The predicted molar refractivity (Wildman–Crippen MR) is 39.1 cm³/mol. The van der Waals surface area contributed by atoms with Crippen LogP contribution < -0.4 is 5.56 Å². The molecule has 0 saturated heterocycles. The first-order valence-corrected chi connectivity index (χ1v) is 3.29. The van der Waals surface area contributed by atoms with Crippen molar-refractivity contribution in [3.8, 4) is 0 Å². The van der Waals surface area contributed by atoms with Crippen LogP contribution in [0.2, 0.25) is 0 Å². The van der Waals surface area contributed by atoms with E-state index in [0.717, 1.165) is 10.7 Å². The molecule has 0 bridgehead atoms. The molecule has 0 aliphatic heterocycles. The first-order chi connectivity index (χ1) is 5.65. The van der Waals surface area contributed by atoms with Crippen molar-refractivity contribution < 1.29 is 15.0 Å². The van der Waals surface area contributed by atoms with Gasteiger partial charge in [-0.1, -0.05) is 0 Å². The number of hydrogen-bond donors (Lipinski definition) is 3. The second-order valence-electron chi connectivity index (χ2n) is 2.19. The van der Waals surface area contributed by atoms with Gasteiger partial charge in [0.2, 0.25) is 0 Å². The van der Waals surface area contributed by atoms with Gasteiger partial charge < -0.3 is 10.2 Å². The maximum absolute atomic E-state index is 10.7. The van der Waals surface area contributed by atoms with Gasteiger partial charge in [0.05, 0.1) is 13.2 Å². The number of aliphatic hydroxyl groups excluding tert-OH is 1. The molecule has 0 fully saturated rings. The van der Waals surface area contributed by atoms with Gasteiger partial charge in [0.15, 0.2) is 0 Å². The van der Waals surface area contributed by atoms with E-state index in [-0.39, 0.29) is 18.8 Å². The minimum atomic E-state index is -1.19. The van der Waals surface area contributed by atoms with Crippen LogP contribution in [0.15, 0.2) is 10.9 Å². The van der Waals surface area contributed by atoms with Crippen molar-refractivity contribution in [2.75, 3.05) is 6.61 Å². The maximum Gasteiger partial charge on any atom is 0.354 e. The van der Waals surface area contributed by atoms with Crippen LogP contribution in [-0.4, -0.2) is 32.6 Å². The SMILES string of the molecule is O=C(O)c1cc(=O)[nH]n1CCO. The second-order valence-corrected chi connectivity index (χ2v) is 2.19. The highest BCUT2D eigenvalue weighted by Crippen LogP contribution is 1.93. The molecular formula is C6H8N2O4. The summed E-state index contributed by atoms with van der Waals surface area (Å²) >= 11 is 0. The van der Waals surface area contributed by atoms with Crippen molar-refractivity contribution in [1.82, 2.24) is 9.78 Å². The van der Waals surface area contributed by atoms with Crippen LogP contribution in [0.1, 0.15) is 10.5 Å². The molecule has 0 spiro atoms. The molecule has 6 heteroatoms. The normalized spacial score (nSPS) is 10.1. The lowest BCUT2D eigenvalue weighted by Gasteiger charge is -2.00. The zero-order valence-electron chi connectivity index (χ0n) is 6.15. The molecule has 0 unspecified atom stereocenters. The number of nitrogens with zero attached hydrogens (tertiary/aromatic N) is 1.